The Kier molecular flexibility index (Phi) is 6.53. The second kappa shape index (κ2) is 8.40. The molecule has 1 aliphatic heterocycles. The fraction of sp³-hybridized carbons (Fsp3) is 0.500. The fourth-order valence-electron chi connectivity index (χ4n) is 2.32. The molecule has 0 aromatic heterocycles. The molecular formula is C16H22ClNO5. The van der Waals surface area contributed by atoms with E-state index in [-0.39, 0.29) is 18.4 Å². The van der Waals surface area contributed by atoms with E-state index in [0.717, 1.165) is 6.42 Å². The predicted octanol–water partition coefficient (Wildman–Crippen LogP) is 3.07. The van der Waals surface area contributed by atoms with Crippen LogP contribution >= 0.6 is 11.6 Å². The molecular weight excluding hydrogens is 322 g/mol. The zero-order valence-corrected chi connectivity index (χ0v) is 14.2. The Morgan fingerprint density at radius 2 is 2.00 bits per heavy atom. The smallest absolute Gasteiger partial charge is 0.191 e. The Balaban J connectivity index is 2.17. The summed E-state index contributed by atoms with van der Waals surface area (Å²) in [6, 6.07) is 3.42. The van der Waals surface area contributed by atoms with Gasteiger partial charge in [0.2, 0.25) is 0 Å². The molecule has 1 aliphatic rings. The first kappa shape index (κ1) is 17.9. The van der Waals surface area contributed by atoms with Crippen LogP contribution in [-0.4, -0.2) is 52.0 Å². The minimum absolute atomic E-state index is 0.0547. The molecule has 7 heteroatoms. The average Bonchev–Trinajstić information content (AvgIpc) is 2.56. The molecule has 2 N–H and O–H groups in total. The van der Waals surface area contributed by atoms with Crippen molar-refractivity contribution >= 4 is 23.0 Å². The van der Waals surface area contributed by atoms with Gasteiger partial charge in [-0.05, 0) is 24.6 Å². The third-order valence-electron chi connectivity index (χ3n) is 3.60. The highest BCUT2D eigenvalue weighted by atomic mass is 35.5. The Morgan fingerprint density at radius 3 is 2.65 bits per heavy atom. The summed E-state index contributed by atoms with van der Waals surface area (Å²) >= 11 is 6.42. The number of rotatable bonds is 8. The van der Waals surface area contributed by atoms with Gasteiger partial charge < -0.3 is 29.4 Å². The van der Waals surface area contributed by atoms with Crippen molar-refractivity contribution in [2.75, 3.05) is 39.9 Å². The van der Waals surface area contributed by atoms with Gasteiger partial charge in [-0.25, -0.2) is 0 Å². The van der Waals surface area contributed by atoms with Crippen LogP contribution in [0.4, 0.5) is 5.69 Å². The van der Waals surface area contributed by atoms with Crippen LogP contribution in [0.15, 0.2) is 18.2 Å². The lowest BCUT2D eigenvalue weighted by molar-refractivity contribution is -0.121. The highest BCUT2D eigenvalue weighted by Crippen LogP contribution is 2.40. The molecule has 0 spiro atoms. The topological polar surface area (TPSA) is 69.2 Å². The van der Waals surface area contributed by atoms with Crippen molar-refractivity contribution in [1.82, 2.24) is 0 Å². The second-order valence-corrected chi connectivity index (χ2v) is 5.47. The summed E-state index contributed by atoms with van der Waals surface area (Å²) in [6.45, 7) is 0.786. The number of aliphatic hydroxyl groups is 1. The average molecular weight is 344 g/mol. The summed E-state index contributed by atoms with van der Waals surface area (Å²) in [5, 5.41) is 13.9. The summed E-state index contributed by atoms with van der Waals surface area (Å²) in [4.78, 5) is 0. The van der Waals surface area contributed by atoms with Crippen molar-refractivity contribution in [1.29, 1.82) is 0 Å². The van der Waals surface area contributed by atoms with Crippen molar-refractivity contribution in [2.45, 2.75) is 18.8 Å². The number of hydrogen-bond donors (Lipinski definition) is 2. The molecule has 6 nitrogen and oxygen atoms in total. The number of benzene rings is 1. The van der Waals surface area contributed by atoms with E-state index in [0.29, 0.717) is 28.6 Å². The molecule has 1 heterocycles. The molecule has 1 atom stereocenters. The number of hydrogen-bond acceptors (Lipinski definition) is 6. The maximum atomic E-state index is 10.2. The van der Waals surface area contributed by atoms with E-state index in [1.54, 1.807) is 25.3 Å². The monoisotopic (exact) mass is 343 g/mol. The molecule has 1 aromatic rings. The third kappa shape index (κ3) is 4.29. The van der Waals surface area contributed by atoms with Crippen molar-refractivity contribution < 1.29 is 24.1 Å². The maximum Gasteiger partial charge on any atom is 0.191 e. The summed E-state index contributed by atoms with van der Waals surface area (Å²) < 4.78 is 20.9. The van der Waals surface area contributed by atoms with E-state index in [1.165, 1.54) is 14.2 Å². The molecule has 0 aliphatic carbocycles. The molecule has 1 unspecified atom stereocenters. The first-order valence-corrected chi connectivity index (χ1v) is 7.66. The van der Waals surface area contributed by atoms with Gasteiger partial charge >= 0.3 is 0 Å². The van der Waals surface area contributed by atoms with Crippen LogP contribution in [0.25, 0.3) is 5.76 Å². The van der Waals surface area contributed by atoms with Gasteiger partial charge in [-0.1, -0.05) is 11.6 Å². The van der Waals surface area contributed by atoms with E-state index in [1.807, 2.05) is 0 Å². The molecule has 23 heavy (non-hydrogen) atoms. The number of fused-ring (bicyclic) bond motifs is 1. The summed E-state index contributed by atoms with van der Waals surface area (Å²) in [7, 11) is 4.72. The molecule has 0 amide bonds. The Morgan fingerprint density at radius 1 is 1.26 bits per heavy atom. The van der Waals surface area contributed by atoms with Gasteiger partial charge in [-0.2, -0.15) is 0 Å². The van der Waals surface area contributed by atoms with Crippen LogP contribution in [-0.2, 0) is 14.2 Å². The predicted molar refractivity (Wildman–Crippen MR) is 89.3 cm³/mol. The van der Waals surface area contributed by atoms with Crippen LogP contribution < -0.4 is 10.1 Å². The summed E-state index contributed by atoms with van der Waals surface area (Å²) in [5.74, 6) is 0.692. The van der Waals surface area contributed by atoms with Gasteiger partial charge in [-0.15, -0.1) is 0 Å². The Labute approximate surface area is 140 Å². The number of methoxy groups -OCH3 is 3. The SMILES string of the molecule is COCCC1C=C(O)c2ccc(OCC(OC)OC)c(Cl)c2N1. The van der Waals surface area contributed by atoms with Gasteiger partial charge in [-0.3, -0.25) is 0 Å². The van der Waals surface area contributed by atoms with Crippen molar-refractivity contribution in [3.63, 3.8) is 0 Å². The van der Waals surface area contributed by atoms with Gasteiger partial charge in [0.1, 0.15) is 23.1 Å². The summed E-state index contributed by atoms with van der Waals surface area (Å²) in [6.07, 6.45) is 2.00. The van der Waals surface area contributed by atoms with E-state index < -0.39 is 6.29 Å². The van der Waals surface area contributed by atoms with Crippen LogP contribution in [0.2, 0.25) is 5.02 Å². The largest absolute Gasteiger partial charge is 0.508 e. The number of ether oxygens (including phenoxy) is 4. The first-order valence-electron chi connectivity index (χ1n) is 7.28. The number of halogens is 1. The first-order chi connectivity index (χ1) is 11.1. The molecule has 2 rings (SSSR count). The van der Waals surface area contributed by atoms with E-state index in [9.17, 15) is 5.11 Å². The molecule has 0 saturated heterocycles. The van der Waals surface area contributed by atoms with Gasteiger partial charge in [0.05, 0.1) is 11.7 Å². The number of nitrogens with one attached hydrogen (secondary N) is 1. The van der Waals surface area contributed by atoms with Gasteiger partial charge in [0, 0.05) is 33.5 Å². The van der Waals surface area contributed by atoms with Gasteiger partial charge in [0.15, 0.2) is 6.29 Å². The second-order valence-electron chi connectivity index (χ2n) is 5.10. The minimum Gasteiger partial charge on any atom is -0.508 e. The number of anilines is 1. The molecule has 0 fully saturated rings. The zero-order valence-electron chi connectivity index (χ0n) is 13.5. The normalized spacial score (nSPS) is 16.7. The van der Waals surface area contributed by atoms with Crippen molar-refractivity contribution in [2.24, 2.45) is 0 Å². The zero-order chi connectivity index (χ0) is 16.8. The lowest BCUT2D eigenvalue weighted by Crippen LogP contribution is -2.24. The van der Waals surface area contributed by atoms with Crippen LogP contribution in [0.1, 0.15) is 12.0 Å². The highest BCUT2D eigenvalue weighted by molar-refractivity contribution is 6.35. The quantitative estimate of drug-likeness (QED) is 0.707. The van der Waals surface area contributed by atoms with E-state index >= 15 is 0 Å². The lowest BCUT2D eigenvalue weighted by Gasteiger charge is -2.26. The lowest BCUT2D eigenvalue weighted by atomic mass is 10.0. The molecule has 0 saturated carbocycles. The van der Waals surface area contributed by atoms with Crippen molar-refractivity contribution in [3.8, 4) is 5.75 Å². The minimum atomic E-state index is -0.474. The standard InChI is InChI=1S/C16H22ClNO5/c1-20-7-6-10-8-12(19)11-4-5-13(15(17)16(11)18-10)23-9-14(21-2)22-3/h4-5,8,10,14,18-19H,6-7,9H2,1-3H3. The Hall–Kier alpha value is -1.47. The summed E-state index contributed by atoms with van der Waals surface area (Å²) in [5.41, 5.74) is 1.29. The molecule has 128 valence electrons. The Bertz CT molecular complexity index is 560. The van der Waals surface area contributed by atoms with Gasteiger partial charge in [0.25, 0.3) is 0 Å². The number of aliphatic hydroxyl groups excluding tert-OH is 1. The maximum absolute atomic E-state index is 10.2. The van der Waals surface area contributed by atoms with E-state index in [2.05, 4.69) is 5.32 Å². The highest BCUT2D eigenvalue weighted by Gasteiger charge is 2.23. The van der Waals surface area contributed by atoms with Crippen LogP contribution in [0, 0.1) is 0 Å². The fourth-order valence-corrected chi connectivity index (χ4v) is 2.59. The van der Waals surface area contributed by atoms with E-state index in [4.69, 9.17) is 30.5 Å². The molecule has 1 aromatic carbocycles. The van der Waals surface area contributed by atoms with Crippen LogP contribution in [0.5, 0.6) is 5.75 Å². The molecule has 0 radical (unpaired) electrons. The van der Waals surface area contributed by atoms with Crippen LogP contribution in [0.3, 0.4) is 0 Å². The van der Waals surface area contributed by atoms with Crippen molar-refractivity contribution in [3.05, 3.63) is 28.8 Å². The third-order valence-corrected chi connectivity index (χ3v) is 3.98. The molecule has 0 bridgehead atoms.